The molecular formula is C72H66N4O10S. The molecule has 0 unspecified atom stereocenters. The molecule has 0 amide bonds. The minimum Gasteiger partial charge on any atom is -0.872 e. The topological polar surface area (TPSA) is 208 Å². The number of likely N-dealkylation sites (tertiary alicyclic amines) is 1. The lowest BCUT2D eigenvalue weighted by Gasteiger charge is -2.30. The summed E-state index contributed by atoms with van der Waals surface area (Å²) in [5.41, 5.74) is 14.4. The Hall–Kier alpha value is -10.2. The van der Waals surface area contributed by atoms with E-state index in [1.54, 1.807) is 54.1 Å². The fourth-order valence-electron chi connectivity index (χ4n) is 11.1. The smallest absolute Gasteiger partial charge is 0.339 e. The first-order valence-corrected chi connectivity index (χ1v) is 29.0. The van der Waals surface area contributed by atoms with Gasteiger partial charge in [0.1, 0.15) is 18.4 Å². The van der Waals surface area contributed by atoms with Crippen LogP contribution >= 0.6 is 11.8 Å². The summed E-state index contributed by atoms with van der Waals surface area (Å²) in [5.74, 6) is -6.23. The van der Waals surface area contributed by atoms with Crippen molar-refractivity contribution in [3.8, 4) is 17.2 Å². The number of carboxylic acid groups (broad SMARTS) is 4. The second-order valence-electron chi connectivity index (χ2n) is 21.4. The van der Waals surface area contributed by atoms with Crippen molar-refractivity contribution in [2.24, 2.45) is 7.05 Å². The van der Waals surface area contributed by atoms with E-state index in [-0.39, 0.29) is 28.7 Å². The number of hydrogen-bond acceptors (Lipinski definition) is 9. The Morgan fingerprint density at radius 3 is 1.74 bits per heavy atom. The maximum atomic E-state index is 12.9. The normalized spacial score (nSPS) is 12.8. The van der Waals surface area contributed by atoms with Crippen molar-refractivity contribution in [3.63, 3.8) is 0 Å². The molecule has 440 valence electrons. The monoisotopic (exact) mass is 1180 g/mol. The van der Waals surface area contributed by atoms with Crippen molar-refractivity contribution in [2.45, 2.75) is 42.9 Å². The molecule has 4 heterocycles. The predicted octanol–water partition coefficient (Wildman–Crippen LogP) is 13.5. The summed E-state index contributed by atoms with van der Waals surface area (Å²) in [6.07, 6.45) is 7.82. The van der Waals surface area contributed by atoms with E-state index >= 15 is 0 Å². The molecule has 0 spiro atoms. The summed E-state index contributed by atoms with van der Waals surface area (Å²) in [5, 5.41) is 61.7. The van der Waals surface area contributed by atoms with Crippen LogP contribution in [-0.4, -0.2) is 93.1 Å². The second kappa shape index (κ2) is 27.2. The highest BCUT2D eigenvalue weighted by atomic mass is 32.2. The number of aromatic carboxylic acids is 2. The van der Waals surface area contributed by atoms with Crippen LogP contribution in [0.15, 0.2) is 203 Å². The van der Waals surface area contributed by atoms with E-state index in [4.69, 9.17) is 10.2 Å². The molecule has 0 saturated carbocycles. The van der Waals surface area contributed by atoms with Crippen molar-refractivity contribution in [2.75, 3.05) is 39.1 Å². The number of hydrogen-bond donors (Lipinski definition) is 5. The van der Waals surface area contributed by atoms with Gasteiger partial charge in [-0.15, -0.1) is 0 Å². The quantitative estimate of drug-likeness (QED) is 0.0639. The fraction of sp³-hybridized carbons (Fsp3) is 0.153. The largest absolute Gasteiger partial charge is 0.872 e. The average molecular weight is 1180 g/mol. The van der Waals surface area contributed by atoms with Gasteiger partial charge >= 0.3 is 23.9 Å². The highest BCUT2D eigenvalue weighted by Gasteiger charge is 2.25. The Labute approximate surface area is 508 Å². The van der Waals surface area contributed by atoms with E-state index in [9.17, 15) is 39.6 Å². The molecule has 10 aromatic rings. The summed E-state index contributed by atoms with van der Waals surface area (Å²) in [6.45, 7) is 6.70. The zero-order valence-corrected chi connectivity index (χ0v) is 49.9. The van der Waals surface area contributed by atoms with Gasteiger partial charge in [0, 0.05) is 107 Å². The van der Waals surface area contributed by atoms with Crippen LogP contribution in [0.4, 0.5) is 5.69 Å². The van der Waals surface area contributed by atoms with Crippen LogP contribution < -0.4 is 14.6 Å². The Balaban J connectivity index is 0.000000148. The highest BCUT2D eigenvalue weighted by Crippen LogP contribution is 2.48. The number of benzene rings is 8. The number of para-hydroxylation sites is 1. The van der Waals surface area contributed by atoms with Crippen LogP contribution in [0.3, 0.4) is 0 Å². The minimum atomic E-state index is -1.34. The molecule has 2 aromatic heterocycles. The molecule has 1 saturated heterocycles. The van der Waals surface area contributed by atoms with Gasteiger partial charge in [-0.1, -0.05) is 126 Å². The van der Waals surface area contributed by atoms with Crippen LogP contribution in [-0.2, 0) is 23.1 Å². The van der Waals surface area contributed by atoms with E-state index in [1.807, 2.05) is 11.8 Å². The first-order valence-electron chi connectivity index (χ1n) is 28.1. The van der Waals surface area contributed by atoms with Gasteiger partial charge in [-0.05, 0) is 150 Å². The zero-order valence-electron chi connectivity index (χ0n) is 49.1. The SMILES string of the molecule is CN1CCC(=C2c3ccccc3Sc3ccccc32)CC1.Cc1cc(C=Cc2ccc3cc(N(C)C)ccc3[n+]2C)c(C)n1-c1ccccc1.O=C(O)C=CC(=O)O.O=C(O)c1cc2ccccc2c(Cc2c(O)c(C(=O)O)cc3ccccc23)c1[O-]. The Morgan fingerprint density at radius 2 is 1.16 bits per heavy atom. The Morgan fingerprint density at radius 1 is 0.621 bits per heavy atom. The van der Waals surface area contributed by atoms with Crippen molar-refractivity contribution in [1.82, 2.24) is 9.47 Å². The van der Waals surface area contributed by atoms with Gasteiger partial charge in [0.15, 0.2) is 0 Å². The predicted molar refractivity (Wildman–Crippen MR) is 344 cm³/mol. The van der Waals surface area contributed by atoms with Gasteiger partial charge < -0.3 is 45.0 Å². The lowest BCUT2D eigenvalue weighted by Crippen LogP contribution is -2.32. The molecule has 2 aliphatic rings. The van der Waals surface area contributed by atoms with Gasteiger partial charge in [0.2, 0.25) is 11.2 Å². The van der Waals surface area contributed by atoms with Crippen LogP contribution in [0.2, 0.25) is 0 Å². The zero-order chi connectivity index (χ0) is 62.1. The van der Waals surface area contributed by atoms with E-state index in [0.29, 0.717) is 33.7 Å². The van der Waals surface area contributed by atoms with E-state index < -0.39 is 35.4 Å². The molecular weight excluding hydrogens is 1110 g/mol. The number of nitrogens with zero attached hydrogens (tertiary/aromatic N) is 4. The first kappa shape index (κ1) is 61.3. The van der Waals surface area contributed by atoms with Gasteiger partial charge in [0.05, 0.1) is 5.56 Å². The van der Waals surface area contributed by atoms with Crippen molar-refractivity contribution in [3.05, 3.63) is 250 Å². The van der Waals surface area contributed by atoms with Gasteiger partial charge in [-0.2, -0.15) is 4.57 Å². The number of carboxylic acids is 4. The summed E-state index contributed by atoms with van der Waals surface area (Å²) >= 11 is 1.91. The molecule has 2 aliphatic heterocycles. The fourth-order valence-corrected chi connectivity index (χ4v) is 12.2. The Kier molecular flexibility index (Phi) is 19.2. The first-order chi connectivity index (χ1) is 41.8. The number of pyridine rings is 1. The third-order valence-electron chi connectivity index (χ3n) is 15.5. The molecule has 15 heteroatoms. The van der Waals surface area contributed by atoms with Crippen LogP contribution in [0.25, 0.3) is 55.9 Å². The number of anilines is 1. The number of aryl methyl sites for hydroxylation is 2. The standard InChI is InChI=1S/C26H28N3.C23H16O6.C19H19NS.C4H4O4/c1-19-17-21(20(2)29(19)24-9-7-6-8-10-24)11-13-23-14-12-22-18-25(27(3)4)15-16-26(22)28(23)5;24-20-16(14-7-3-1-5-12(14)9-18(20)22(26)27)11-17-15-8-4-2-6-13(15)10-19(21(17)25)23(28)29;1-20-12-10-14(11-13-20)19-15-6-2-4-8-17(15)21-18-9-5-3-7-16(18)19;5-3(6)1-2-4(7)8/h6-18H,1-5H3;1-10,24-25H,11H2,(H,26,27)(H,28,29);2-9H,10-13H2,1H3;1-2H,(H,5,6)(H,7,8)/q+1;;;/p-1. The van der Waals surface area contributed by atoms with E-state index in [2.05, 4.69) is 188 Å². The van der Waals surface area contributed by atoms with Gasteiger partial charge in [0.25, 0.3) is 0 Å². The van der Waals surface area contributed by atoms with Crippen LogP contribution in [0, 0.1) is 13.8 Å². The van der Waals surface area contributed by atoms with Gasteiger partial charge in [-0.25, -0.2) is 19.2 Å². The lowest BCUT2D eigenvalue weighted by atomic mass is 9.88. The van der Waals surface area contributed by atoms with Crippen molar-refractivity contribution >= 4 is 91.5 Å². The third kappa shape index (κ3) is 14.0. The third-order valence-corrected chi connectivity index (χ3v) is 16.7. The molecule has 8 aromatic carbocycles. The van der Waals surface area contributed by atoms with Gasteiger partial charge in [-0.3, -0.25) is 0 Å². The number of aromatic hydroxyl groups is 1. The van der Waals surface area contributed by atoms with Crippen LogP contribution in [0.5, 0.6) is 11.5 Å². The molecule has 87 heavy (non-hydrogen) atoms. The Bertz CT molecular complexity index is 4200. The van der Waals surface area contributed by atoms with Crippen molar-refractivity contribution < 1.29 is 54.4 Å². The highest BCUT2D eigenvalue weighted by molar-refractivity contribution is 7.99. The number of fused-ring (bicyclic) bond motifs is 5. The van der Waals surface area contributed by atoms with Crippen LogP contribution in [0.1, 0.15) is 78.5 Å². The molecule has 0 radical (unpaired) electrons. The summed E-state index contributed by atoms with van der Waals surface area (Å²) in [6, 6.07) is 58.0. The average Bonchev–Trinajstić information content (AvgIpc) is 2.02. The maximum absolute atomic E-state index is 12.9. The molecule has 5 N–H and O–H groups in total. The number of aliphatic carboxylic acids is 2. The summed E-state index contributed by atoms with van der Waals surface area (Å²) < 4.78 is 4.56. The number of aromatic nitrogens is 2. The molecule has 0 aliphatic carbocycles. The summed E-state index contributed by atoms with van der Waals surface area (Å²) in [7, 11) is 8.50. The van der Waals surface area contributed by atoms with E-state index in [1.165, 1.54) is 109 Å². The number of phenols is 1. The molecule has 12 rings (SSSR count). The number of piperidine rings is 1. The second-order valence-corrected chi connectivity index (χ2v) is 22.5. The summed E-state index contributed by atoms with van der Waals surface area (Å²) in [4.78, 5) is 49.6. The van der Waals surface area contributed by atoms with E-state index in [0.717, 1.165) is 0 Å². The maximum Gasteiger partial charge on any atom is 0.339 e. The molecule has 1 fully saturated rings. The lowest BCUT2D eigenvalue weighted by molar-refractivity contribution is -0.646. The molecule has 0 bridgehead atoms. The molecule has 14 nitrogen and oxygen atoms in total. The molecule has 0 atom stereocenters. The minimum absolute atomic E-state index is 0.103. The number of rotatable bonds is 10. The van der Waals surface area contributed by atoms with Crippen molar-refractivity contribution in [1.29, 1.82) is 0 Å². The number of carbonyl (C=O) groups is 4.